The molecule has 1 fully saturated rings. The SMILES string of the molecule is CCCCCC(CC)COC(=O)C1CCCC(C(=O)OCC(CC)CCCC)C1. The van der Waals surface area contributed by atoms with E-state index in [0.29, 0.717) is 31.5 Å². The van der Waals surface area contributed by atoms with Gasteiger partial charge >= 0.3 is 11.9 Å². The van der Waals surface area contributed by atoms with Gasteiger partial charge in [0.05, 0.1) is 25.0 Å². The fraction of sp³-hybridized carbons (Fsp3) is 0.920. The molecule has 0 radical (unpaired) electrons. The lowest BCUT2D eigenvalue weighted by Gasteiger charge is -2.27. The van der Waals surface area contributed by atoms with E-state index in [1.54, 1.807) is 0 Å². The molecule has 0 aromatic heterocycles. The summed E-state index contributed by atoms with van der Waals surface area (Å²) < 4.78 is 11.3. The molecule has 0 saturated heterocycles. The van der Waals surface area contributed by atoms with Crippen LogP contribution in [0.1, 0.15) is 111 Å². The minimum Gasteiger partial charge on any atom is -0.465 e. The van der Waals surface area contributed by atoms with Gasteiger partial charge < -0.3 is 9.47 Å². The van der Waals surface area contributed by atoms with E-state index in [4.69, 9.17) is 9.47 Å². The van der Waals surface area contributed by atoms with E-state index in [-0.39, 0.29) is 23.8 Å². The summed E-state index contributed by atoms with van der Waals surface area (Å²) >= 11 is 0. The molecule has 1 saturated carbocycles. The van der Waals surface area contributed by atoms with Crippen LogP contribution in [0.4, 0.5) is 0 Å². The smallest absolute Gasteiger partial charge is 0.308 e. The Kier molecular flexibility index (Phi) is 14.1. The van der Waals surface area contributed by atoms with Crippen molar-refractivity contribution in [1.29, 1.82) is 0 Å². The van der Waals surface area contributed by atoms with Gasteiger partial charge in [0.25, 0.3) is 0 Å². The molecule has 0 aliphatic heterocycles. The van der Waals surface area contributed by atoms with E-state index < -0.39 is 0 Å². The van der Waals surface area contributed by atoms with Crippen molar-refractivity contribution in [3.05, 3.63) is 0 Å². The van der Waals surface area contributed by atoms with Gasteiger partial charge in [0.1, 0.15) is 0 Å². The molecule has 4 heteroatoms. The first-order valence-corrected chi connectivity index (χ1v) is 12.4. The minimum absolute atomic E-state index is 0.106. The molecule has 0 bridgehead atoms. The zero-order chi connectivity index (χ0) is 21.5. The second kappa shape index (κ2) is 15.7. The van der Waals surface area contributed by atoms with Crippen LogP contribution < -0.4 is 0 Å². The van der Waals surface area contributed by atoms with Gasteiger partial charge in [-0.05, 0) is 43.9 Å². The van der Waals surface area contributed by atoms with Crippen LogP contribution in [0, 0.1) is 23.7 Å². The number of rotatable bonds is 15. The molecular weight excluding hydrogens is 364 g/mol. The highest BCUT2D eigenvalue weighted by molar-refractivity contribution is 5.76. The molecule has 0 N–H and O–H groups in total. The first-order chi connectivity index (χ1) is 14.0. The molecule has 0 aromatic rings. The number of esters is 2. The van der Waals surface area contributed by atoms with Crippen molar-refractivity contribution in [2.45, 2.75) is 111 Å². The van der Waals surface area contributed by atoms with Gasteiger partial charge in [-0.1, -0.05) is 79.1 Å². The fourth-order valence-corrected chi connectivity index (χ4v) is 4.24. The normalized spacial score (nSPS) is 21.4. The van der Waals surface area contributed by atoms with E-state index >= 15 is 0 Å². The van der Waals surface area contributed by atoms with Gasteiger partial charge in [-0.3, -0.25) is 9.59 Å². The number of carbonyl (C=O) groups excluding carboxylic acids is 2. The maximum absolute atomic E-state index is 12.6. The molecule has 0 amide bonds. The Bertz CT molecular complexity index is 448. The minimum atomic E-state index is -0.142. The van der Waals surface area contributed by atoms with E-state index in [1.165, 1.54) is 32.1 Å². The molecule has 1 aliphatic carbocycles. The molecule has 1 aliphatic rings. The highest BCUT2D eigenvalue weighted by Crippen LogP contribution is 2.31. The van der Waals surface area contributed by atoms with Crippen LogP contribution in [0.3, 0.4) is 0 Å². The summed E-state index contributed by atoms with van der Waals surface area (Å²) in [4.78, 5) is 25.1. The lowest BCUT2D eigenvalue weighted by Crippen LogP contribution is -2.31. The number of hydrogen-bond acceptors (Lipinski definition) is 4. The van der Waals surface area contributed by atoms with Crippen molar-refractivity contribution >= 4 is 11.9 Å². The van der Waals surface area contributed by atoms with Crippen molar-refractivity contribution < 1.29 is 19.1 Å². The maximum atomic E-state index is 12.6. The van der Waals surface area contributed by atoms with Gasteiger partial charge in [-0.15, -0.1) is 0 Å². The second-order valence-electron chi connectivity index (χ2n) is 9.01. The van der Waals surface area contributed by atoms with Gasteiger partial charge in [0, 0.05) is 0 Å². The average molecular weight is 411 g/mol. The molecule has 170 valence electrons. The Morgan fingerprint density at radius 1 is 0.759 bits per heavy atom. The first kappa shape index (κ1) is 26.0. The largest absolute Gasteiger partial charge is 0.465 e. The van der Waals surface area contributed by atoms with Crippen LogP contribution >= 0.6 is 0 Å². The quantitative estimate of drug-likeness (QED) is 0.222. The molecule has 4 unspecified atom stereocenters. The molecule has 1 rings (SSSR count). The average Bonchev–Trinajstić information content (AvgIpc) is 2.76. The summed E-state index contributed by atoms with van der Waals surface area (Å²) in [5.41, 5.74) is 0. The highest BCUT2D eigenvalue weighted by Gasteiger charge is 2.33. The maximum Gasteiger partial charge on any atom is 0.308 e. The number of carbonyl (C=O) groups is 2. The van der Waals surface area contributed by atoms with Crippen LogP contribution in [-0.4, -0.2) is 25.2 Å². The standard InChI is InChI=1S/C25H46O4/c1-5-9-11-14-21(8-4)19-29-25(27)23-16-12-15-22(17-23)24(26)28-18-20(7-3)13-10-6-2/h20-23H,5-19H2,1-4H3. The van der Waals surface area contributed by atoms with E-state index in [2.05, 4.69) is 27.7 Å². The molecule has 4 nitrogen and oxygen atoms in total. The summed E-state index contributed by atoms with van der Waals surface area (Å²) in [6.45, 7) is 9.78. The third kappa shape index (κ3) is 10.5. The Labute approximate surface area is 179 Å². The van der Waals surface area contributed by atoms with Crippen LogP contribution in [0.25, 0.3) is 0 Å². The number of unbranched alkanes of at least 4 members (excludes halogenated alkanes) is 3. The highest BCUT2D eigenvalue weighted by atomic mass is 16.5. The van der Waals surface area contributed by atoms with Crippen LogP contribution in [-0.2, 0) is 19.1 Å². The van der Waals surface area contributed by atoms with Crippen molar-refractivity contribution in [1.82, 2.24) is 0 Å². The summed E-state index contributed by atoms with van der Waals surface area (Å²) in [7, 11) is 0. The number of hydrogen-bond donors (Lipinski definition) is 0. The van der Waals surface area contributed by atoms with Crippen LogP contribution in [0.15, 0.2) is 0 Å². The Balaban J connectivity index is 2.39. The van der Waals surface area contributed by atoms with Crippen LogP contribution in [0.5, 0.6) is 0 Å². The second-order valence-corrected chi connectivity index (χ2v) is 9.01. The summed E-state index contributed by atoms with van der Waals surface area (Å²) in [6, 6.07) is 0. The van der Waals surface area contributed by atoms with Crippen molar-refractivity contribution in [2.75, 3.05) is 13.2 Å². The predicted molar refractivity (Wildman–Crippen MR) is 119 cm³/mol. The van der Waals surface area contributed by atoms with Gasteiger partial charge in [-0.2, -0.15) is 0 Å². The molecule has 0 spiro atoms. The third-order valence-corrected chi connectivity index (χ3v) is 6.60. The summed E-state index contributed by atoms with van der Waals surface area (Å²) in [5, 5.41) is 0. The summed E-state index contributed by atoms with van der Waals surface area (Å²) in [5.74, 6) is 0.424. The van der Waals surface area contributed by atoms with Gasteiger partial charge in [0.2, 0.25) is 0 Å². The molecule has 0 heterocycles. The van der Waals surface area contributed by atoms with E-state index in [0.717, 1.165) is 44.9 Å². The Morgan fingerprint density at radius 3 is 1.69 bits per heavy atom. The molecular formula is C25H46O4. The predicted octanol–water partition coefficient (Wildman–Crippen LogP) is 6.70. The lowest BCUT2D eigenvalue weighted by molar-refractivity contribution is -0.156. The van der Waals surface area contributed by atoms with Crippen molar-refractivity contribution in [2.24, 2.45) is 23.7 Å². The van der Waals surface area contributed by atoms with Crippen molar-refractivity contribution in [3.63, 3.8) is 0 Å². The van der Waals surface area contributed by atoms with Gasteiger partial charge in [0.15, 0.2) is 0 Å². The zero-order valence-corrected chi connectivity index (χ0v) is 19.5. The third-order valence-electron chi connectivity index (χ3n) is 6.60. The molecule has 29 heavy (non-hydrogen) atoms. The van der Waals surface area contributed by atoms with Crippen molar-refractivity contribution in [3.8, 4) is 0 Å². The fourth-order valence-electron chi connectivity index (χ4n) is 4.24. The molecule has 0 aromatic carbocycles. The number of ether oxygens (including phenoxy) is 2. The molecule has 4 atom stereocenters. The monoisotopic (exact) mass is 410 g/mol. The zero-order valence-electron chi connectivity index (χ0n) is 19.5. The summed E-state index contributed by atoms with van der Waals surface area (Å²) in [6.07, 6.45) is 13.5. The Morgan fingerprint density at radius 2 is 1.24 bits per heavy atom. The van der Waals surface area contributed by atoms with Gasteiger partial charge in [-0.25, -0.2) is 0 Å². The Hall–Kier alpha value is -1.06. The van der Waals surface area contributed by atoms with E-state index in [1.807, 2.05) is 0 Å². The van der Waals surface area contributed by atoms with E-state index in [9.17, 15) is 9.59 Å². The lowest BCUT2D eigenvalue weighted by atomic mass is 9.81. The van der Waals surface area contributed by atoms with Crippen LogP contribution in [0.2, 0.25) is 0 Å². The topological polar surface area (TPSA) is 52.6 Å². The first-order valence-electron chi connectivity index (χ1n) is 12.4.